The van der Waals surface area contributed by atoms with Crippen LogP contribution in [0.3, 0.4) is 0 Å². The molecule has 13 heavy (non-hydrogen) atoms. The number of hydrogen-bond acceptors (Lipinski definition) is 4. The lowest BCUT2D eigenvalue weighted by atomic mass is 9.97. The van der Waals surface area contributed by atoms with Crippen LogP contribution in [0, 0.1) is 11.4 Å². The molecule has 0 radical (unpaired) electrons. The van der Waals surface area contributed by atoms with Crippen LogP contribution in [0.2, 0.25) is 0 Å². The third-order valence-corrected chi connectivity index (χ3v) is 2.13. The fourth-order valence-corrected chi connectivity index (χ4v) is 1.42. The highest BCUT2D eigenvalue weighted by molar-refractivity contribution is 5.86. The summed E-state index contributed by atoms with van der Waals surface area (Å²) in [5.41, 5.74) is 7.16. The number of nitrogens with one attached hydrogen (secondary N) is 2. The van der Waals surface area contributed by atoms with E-state index in [0.717, 1.165) is 13.0 Å². The van der Waals surface area contributed by atoms with Crippen molar-refractivity contribution in [2.45, 2.75) is 19.8 Å². The van der Waals surface area contributed by atoms with E-state index in [1.807, 2.05) is 0 Å². The molecule has 1 heterocycles. The fraction of sp³-hybridized carbons (Fsp3) is 0.625. The van der Waals surface area contributed by atoms with Gasteiger partial charge in [-0.15, -0.1) is 5.11 Å². The van der Waals surface area contributed by atoms with Gasteiger partial charge in [-0.1, -0.05) is 6.92 Å². The van der Waals surface area contributed by atoms with Gasteiger partial charge in [0.05, 0.1) is 0 Å². The van der Waals surface area contributed by atoms with Gasteiger partial charge in [0.15, 0.2) is 5.70 Å². The van der Waals surface area contributed by atoms with E-state index >= 15 is 0 Å². The van der Waals surface area contributed by atoms with Crippen LogP contribution in [0.4, 0.5) is 0 Å². The molecule has 0 bridgehead atoms. The van der Waals surface area contributed by atoms with Gasteiger partial charge < -0.3 is 10.4 Å². The van der Waals surface area contributed by atoms with Crippen LogP contribution in [0.25, 0.3) is 0 Å². The van der Waals surface area contributed by atoms with Crippen LogP contribution >= 0.6 is 0 Å². The summed E-state index contributed by atoms with van der Waals surface area (Å²) in [6.45, 7) is 2.83. The van der Waals surface area contributed by atoms with E-state index in [2.05, 4.69) is 17.4 Å². The van der Waals surface area contributed by atoms with E-state index in [9.17, 15) is 4.79 Å². The maximum atomic E-state index is 10.6. The second-order valence-electron chi connectivity index (χ2n) is 3.27. The Balaban J connectivity index is 2.86. The molecule has 1 unspecified atom stereocenters. The Hall–Kier alpha value is -1.39. The van der Waals surface area contributed by atoms with E-state index in [0.29, 0.717) is 18.0 Å². The van der Waals surface area contributed by atoms with Crippen molar-refractivity contribution in [3.63, 3.8) is 0 Å². The maximum absolute atomic E-state index is 10.6. The van der Waals surface area contributed by atoms with Crippen molar-refractivity contribution < 1.29 is 9.90 Å². The summed E-state index contributed by atoms with van der Waals surface area (Å²) >= 11 is 0. The topological polar surface area (TPSA) is 85.5 Å². The van der Waals surface area contributed by atoms with Crippen LogP contribution in [-0.2, 0) is 4.79 Å². The highest BCUT2D eigenvalue weighted by Crippen LogP contribution is 2.20. The predicted octanol–water partition coefficient (Wildman–Crippen LogP) is 1.33. The van der Waals surface area contributed by atoms with Crippen molar-refractivity contribution in [1.29, 1.82) is 5.53 Å². The molecular formula is C8H13N3O2. The predicted molar refractivity (Wildman–Crippen MR) is 46.2 cm³/mol. The van der Waals surface area contributed by atoms with E-state index < -0.39 is 5.97 Å². The second kappa shape index (κ2) is 4.02. The van der Waals surface area contributed by atoms with Gasteiger partial charge in [0.2, 0.25) is 0 Å². The maximum Gasteiger partial charge on any atom is 0.358 e. The molecule has 0 aromatic carbocycles. The highest BCUT2D eigenvalue weighted by atomic mass is 16.4. The molecule has 0 aromatic heterocycles. The summed E-state index contributed by atoms with van der Waals surface area (Å²) in [5.74, 6) is -0.668. The summed E-state index contributed by atoms with van der Waals surface area (Å²) in [6.07, 6.45) is 1.71. The largest absolute Gasteiger partial charge is 0.476 e. The van der Waals surface area contributed by atoms with E-state index in [-0.39, 0.29) is 5.70 Å². The number of aliphatic carboxylic acids is 1. The van der Waals surface area contributed by atoms with Crippen molar-refractivity contribution >= 4 is 5.97 Å². The molecule has 1 atom stereocenters. The zero-order chi connectivity index (χ0) is 9.84. The van der Waals surface area contributed by atoms with Crippen molar-refractivity contribution in [3.05, 3.63) is 11.4 Å². The number of hydrogen-bond donors (Lipinski definition) is 3. The molecule has 1 rings (SSSR count). The van der Waals surface area contributed by atoms with Crippen LogP contribution in [0.1, 0.15) is 19.8 Å². The zero-order valence-corrected chi connectivity index (χ0v) is 7.50. The van der Waals surface area contributed by atoms with Gasteiger partial charge in [0, 0.05) is 12.2 Å². The average Bonchev–Trinajstić information content (AvgIpc) is 2.04. The number of rotatable bonds is 2. The van der Waals surface area contributed by atoms with Crippen LogP contribution in [0.15, 0.2) is 16.5 Å². The van der Waals surface area contributed by atoms with Gasteiger partial charge in [-0.2, -0.15) is 0 Å². The molecule has 0 aliphatic carbocycles. The molecule has 1 fully saturated rings. The molecule has 1 aliphatic heterocycles. The summed E-state index contributed by atoms with van der Waals surface area (Å²) in [6, 6.07) is 0. The molecule has 5 nitrogen and oxygen atoms in total. The SMILES string of the molecule is CC1CCN/C(=C(\N=N)C(=O)O)C1. The Morgan fingerprint density at radius 2 is 2.46 bits per heavy atom. The Bertz CT molecular complexity index is 260. The number of carboxylic acids is 1. The Morgan fingerprint density at radius 3 is 2.92 bits per heavy atom. The first-order valence-corrected chi connectivity index (χ1v) is 4.23. The van der Waals surface area contributed by atoms with Crippen molar-refractivity contribution in [1.82, 2.24) is 5.32 Å². The van der Waals surface area contributed by atoms with Gasteiger partial charge in [-0.25, -0.2) is 10.3 Å². The molecule has 0 amide bonds. The molecule has 0 spiro atoms. The van der Waals surface area contributed by atoms with E-state index in [1.165, 1.54) is 0 Å². The Labute approximate surface area is 76.3 Å². The third-order valence-electron chi connectivity index (χ3n) is 2.13. The molecule has 72 valence electrons. The normalized spacial score (nSPS) is 26.1. The lowest BCUT2D eigenvalue weighted by Crippen LogP contribution is -2.27. The van der Waals surface area contributed by atoms with Crippen LogP contribution in [-0.4, -0.2) is 17.6 Å². The quantitative estimate of drug-likeness (QED) is 0.446. The summed E-state index contributed by atoms with van der Waals surface area (Å²) < 4.78 is 0. The third kappa shape index (κ3) is 2.27. The van der Waals surface area contributed by atoms with Gasteiger partial charge >= 0.3 is 5.97 Å². The Kier molecular flexibility index (Phi) is 3.00. The first kappa shape index (κ1) is 9.70. The first-order chi connectivity index (χ1) is 6.15. The summed E-state index contributed by atoms with van der Waals surface area (Å²) in [5, 5.41) is 14.7. The molecule has 1 aliphatic rings. The molecule has 3 N–H and O–H groups in total. The minimum Gasteiger partial charge on any atom is -0.476 e. The van der Waals surface area contributed by atoms with Crippen molar-refractivity contribution in [2.75, 3.05) is 6.54 Å². The number of piperidine rings is 1. The van der Waals surface area contributed by atoms with Gasteiger partial charge in [-0.05, 0) is 18.8 Å². The lowest BCUT2D eigenvalue weighted by molar-refractivity contribution is -0.132. The molecule has 5 heteroatoms. The molecule has 0 aromatic rings. The smallest absolute Gasteiger partial charge is 0.358 e. The highest BCUT2D eigenvalue weighted by Gasteiger charge is 2.19. The number of nitrogens with zero attached hydrogens (tertiary/aromatic N) is 1. The standard InChI is InChI=1S/C8H13N3O2/c1-5-2-3-10-6(4-5)7(11-9)8(12)13/h5,9-10H,2-4H2,1H3,(H,12,13)/b7-6-,11-9?. The van der Waals surface area contributed by atoms with E-state index in [4.69, 9.17) is 10.6 Å². The van der Waals surface area contributed by atoms with Gasteiger partial charge in [-0.3, -0.25) is 0 Å². The minimum absolute atomic E-state index is 0.161. The Morgan fingerprint density at radius 1 is 1.77 bits per heavy atom. The number of carboxylic acid groups (broad SMARTS) is 1. The average molecular weight is 183 g/mol. The molecular weight excluding hydrogens is 170 g/mol. The second-order valence-corrected chi connectivity index (χ2v) is 3.27. The number of allylic oxidation sites excluding steroid dienone is 1. The van der Waals surface area contributed by atoms with Crippen LogP contribution < -0.4 is 5.32 Å². The summed E-state index contributed by atoms with van der Waals surface area (Å²) in [7, 11) is 0. The zero-order valence-electron chi connectivity index (χ0n) is 7.50. The van der Waals surface area contributed by atoms with Gasteiger partial charge in [0.1, 0.15) is 0 Å². The van der Waals surface area contributed by atoms with Crippen molar-refractivity contribution in [3.8, 4) is 0 Å². The number of carbonyl (C=O) groups is 1. The fourth-order valence-electron chi connectivity index (χ4n) is 1.42. The molecule has 0 saturated carbocycles. The monoisotopic (exact) mass is 183 g/mol. The first-order valence-electron chi connectivity index (χ1n) is 4.23. The minimum atomic E-state index is -1.13. The van der Waals surface area contributed by atoms with E-state index in [1.54, 1.807) is 0 Å². The molecule has 1 saturated heterocycles. The van der Waals surface area contributed by atoms with Gasteiger partial charge in [0.25, 0.3) is 0 Å². The van der Waals surface area contributed by atoms with Crippen LogP contribution in [0.5, 0.6) is 0 Å². The lowest BCUT2D eigenvalue weighted by Gasteiger charge is -2.22. The van der Waals surface area contributed by atoms with Crippen molar-refractivity contribution in [2.24, 2.45) is 11.0 Å². The summed E-state index contributed by atoms with van der Waals surface area (Å²) in [4.78, 5) is 10.6.